The second kappa shape index (κ2) is 14.7. The van der Waals surface area contributed by atoms with E-state index in [9.17, 15) is 19.2 Å². The van der Waals surface area contributed by atoms with E-state index in [1.165, 1.54) is 6.07 Å². The average Bonchev–Trinajstić information content (AvgIpc) is 2.92. The lowest BCUT2D eigenvalue weighted by Gasteiger charge is -2.42. The van der Waals surface area contributed by atoms with Crippen LogP contribution in [-0.4, -0.2) is 60.5 Å². The molecule has 10 nitrogen and oxygen atoms in total. The van der Waals surface area contributed by atoms with Crippen LogP contribution in [0.5, 0.6) is 5.75 Å². The maximum Gasteiger partial charge on any atom is 0.514 e. The lowest BCUT2D eigenvalue weighted by atomic mass is 10.0. The zero-order valence-electron chi connectivity index (χ0n) is 30.5. The lowest BCUT2D eigenvalue weighted by molar-refractivity contribution is 0.00677. The Labute approximate surface area is 285 Å². The summed E-state index contributed by atoms with van der Waals surface area (Å²) in [4.78, 5) is 55.1. The Hall–Kier alpha value is -3.96. The second-order valence-corrected chi connectivity index (χ2v) is 20.5. The van der Waals surface area contributed by atoms with Crippen molar-refractivity contribution in [3.63, 3.8) is 0 Å². The van der Waals surface area contributed by atoms with Crippen molar-refractivity contribution in [3.05, 3.63) is 75.6 Å². The van der Waals surface area contributed by atoms with Crippen LogP contribution in [0, 0.1) is 0 Å². The van der Waals surface area contributed by atoms with E-state index < -0.39 is 37.9 Å². The molecule has 0 saturated carbocycles. The molecule has 0 radical (unpaired) electrons. The third kappa shape index (κ3) is 10.5. The zero-order valence-corrected chi connectivity index (χ0v) is 31.5. The molecule has 2 unspecified atom stereocenters. The van der Waals surface area contributed by atoms with Crippen molar-refractivity contribution in [1.82, 2.24) is 9.88 Å². The number of hydrogen-bond acceptors (Lipinski definition) is 8. The molecule has 3 aromatic rings. The summed E-state index contributed by atoms with van der Waals surface area (Å²) in [5, 5.41) is 0.419. The van der Waals surface area contributed by atoms with Crippen molar-refractivity contribution >= 4 is 37.8 Å². The molecule has 0 saturated heterocycles. The molecule has 48 heavy (non-hydrogen) atoms. The van der Waals surface area contributed by atoms with Crippen molar-refractivity contribution in [2.24, 2.45) is 0 Å². The van der Waals surface area contributed by atoms with Gasteiger partial charge < -0.3 is 28.5 Å². The quantitative estimate of drug-likeness (QED) is 0.0977. The molecule has 1 heterocycles. The number of hydrogen-bond donors (Lipinski definition) is 1. The molecule has 0 bridgehead atoms. The summed E-state index contributed by atoms with van der Waals surface area (Å²) in [6, 6.07) is 13.4. The summed E-state index contributed by atoms with van der Waals surface area (Å²) >= 11 is 0. The minimum Gasteiger partial charge on any atom is -0.444 e. The van der Waals surface area contributed by atoms with Crippen LogP contribution < -0.4 is 10.3 Å². The van der Waals surface area contributed by atoms with Gasteiger partial charge in [-0.1, -0.05) is 45.0 Å². The van der Waals surface area contributed by atoms with E-state index in [0.717, 1.165) is 11.8 Å². The number of pyridine rings is 1. The summed E-state index contributed by atoms with van der Waals surface area (Å²) < 4.78 is 23.9. The predicted molar refractivity (Wildman–Crippen MR) is 190 cm³/mol. The molecule has 2 atom stereocenters. The molecule has 0 fully saturated rings. The van der Waals surface area contributed by atoms with Crippen molar-refractivity contribution in [3.8, 4) is 5.75 Å². The molecule has 1 aromatic heterocycles. The van der Waals surface area contributed by atoms with E-state index in [1.807, 2.05) is 45.9 Å². The van der Waals surface area contributed by atoms with E-state index >= 15 is 0 Å². The SMILES string of the molecule is CC(Cc1cccc(C=O)c1)N(CC(O[Si](C)(C)C(C)(C)C)c1ccc(OC(=O)OC(C)(C)C)c2[nH]c(=O)ccc12)C(=O)OC(C)(C)C. The number of ether oxygens (including phenoxy) is 3. The Morgan fingerprint density at radius 1 is 0.917 bits per heavy atom. The van der Waals surface area contributed by atoms with Crippen LogP contribution >= 0.6 is 0 Å². The molecule has 3 rings (SSSR count). The Morgan fingerprint density at radius 2 is 1.56 bits per heavy atom. The highest BCUT2D eigenvalue weighted by Gasteiger charge is 2.41. The molecular formula is C37H52N2O8Si. The number of aldehydes is 1. The third-order valence-corrected chi connectivity index (χ3v) is 12.7. The van der Waals surface area contributed by atoms with Crippen molar-refractivity contribution in [2.45, 2.75) is 117 Å². The molecule has 11 heteroatoms. The number of H-pyrrole nitrogens is 1. The molecule has 0 spiro atoms. The lowest BCUT2D eigenvalue weighted by Crippen LogP contribution is -2.48. The first-order chi connectivity index (χ1) is 22.0. The zero-order chi connectivity index (χ0) is 36.2. The molecule has 262 valence electrons. The molecule has 0 aliphatic heterocycles. The van der Waals surface area contributed by atoms with Crippen molar-refractivity contribution in [2.75, 3.05) is 6.54 Å². The summed E-state index contributed by atoms with van der Waals surface area (Å²) in [5.41, 5.74) is 0.542. The number of carbonyl (C=O) groups is 3. The van der Waals surface area contributed by atoms with Gasteiger partial charge >= 0.3 is 12.2 Å². The van der Waals surface area contributed by atoms with Crippen LogP contribution in [-0.2, 0) is 20.3 Å². The fourth-order valence-electron chi connectivity index (χ4n) is 4.88. The van der Waals surface area contributed by atoms with E-state index in [-0.39, 0.29) is 28.9 Å². The molecule has 0 aliphatic rings. The Kier molecular flexibility index (Phi) is 11.7. The maximum absolute atomic E-state index is 13.9. The molecular weight excluding hydrogens is 628 g/mol. The highest BCUT2D eigenvalue weighted by Crippen LogP contribution is 2.42. The van der Waals surface area contributed by atoms with Crippen LogP contribution in [0.25, 0.3) is 10.9 Å². The average molecular weight is 681 g/mol. The van der Waals surface area contributed by atoms with Gasteiger partial charge in [-0.2, -0.15) is 0 Å². The van der Waals surface area contributed by atoms with Crippen LogP contribution in [0.4, 0.5) is 9.59 Å². The smallest absolute Gasteiger partial charge is 0.444 e. The normalized spacial score (nSPS) is 13.8. The number of nitrogens with zero attached hydrogens (tertiary/aromatic N) is 1. The van der Waals surface area contributed by atoms with E-state index in [4.69, 9.17) is 18.6 Å². The number of rotatable bonds is 10. The number of amides is 1. The Morgan fingerprint density at radius 3 is 2.15 bits per heavy atom. The van der Waals surface area contributed by atoms with Gasteiger partial charge in [0.2, 0.25) is 5.56 Å². The Bertz CT molecular complexity index is 1680. The van der Waals surface area contributed by atoms with Gasteiger partial charge in [-0.3, -0.25) is 9.59 Å². The Balaban J connectivity index is 2.18. The molecule has 2 aromatic carbocycles. The molecule has 0 aliphatic carbocycles. The van der Waals surface area contributed by atoms with Gasteiger partial charge in [0.15, 0.2) is 14.1 Å². The first-order valence-electron chi connectivity index (χ1n) is 16.3. The van der Waals surface area contributed by atoms with E-state index in [2.05, 4.69) is 38.8 Å². The largest absolute Gasteiger partial charge is 0.514 e. The van der Waals surface area contributed by atoms with Gasteiger partial charge in [-0.05, 0) is 102 Å². The third-order valence-electron chi connectivity index (χ3n) is 8.20. The fraction of sp³-hybridized carbons (Fsp3) is 0.514. The van der Waals surface area contributed by atoms with Gasteiger partial charge in [0.05, 0.1) is 18.2 Å². The number of benzene rings is 2. The van der Waals surface area contributed by atoms with E-state index in [1.54, 1.807) is 49.9 Å². The van der Waals surface area contributed by atoms with Crippen LogP contribution in [0.2, 0.25) is 18.1 Å². The minimum absolute atomic E-state index is 0.121. The monoisotopic (exact) mass is 680 g/mol. The van der Waals surface area contributed by atoms with Gasteiger partial charge in [0.1, 0.15) is 17.5 Å². The standard InChI is InChI=1S/C37H52N2O8Si/c1-24(20-25-14-13-15-26(21-25)23-40)39(33(42)45-35(2,3)4)22-30(47-48(11,12)37(8,9)10)27-16-18-29(44-34(43)46-36(5,6)7)32-28(27)17-19-31(41)38-32/h13-19,21,23-24,30H,20,22H2,1-12H3,(H,38,41). The van der Waals surface area contributed by atoms with Gasteiger partial charge in [0.25, 0.3) is 0 Å². The minimum atomic E-state index is -2.48. The predicted octanol–water partition coefficient (Wildman–Crippen LogP) is 8.59. The van der Waals surface area contributed by atoms with Gasteiger partial charge in [-0.15, -0.1) is 0 Å². The number of nitrogens with one attached hydrogen (secondary N) is 1. The number of carbonyl (C=O) groups excluding carboxylic acids is 3. The molecule has 1 N–H and O–H groups in total. The highest BCUT2D eigenvalue weighted by molar-refractivity contribution is 6.74. The maximum atomic E-state index is 13.9. The van der Waals surface area contributed by atoms with Crippen molar-refractivity contribution in [1.29, 1.82) is 0 Å². The van der Waals surface area contributed by atoms with Gasteiger partial charge in [0, 0.05) is 23.1 Å². The summed E-state index contributed by atoms with van der Waals surface area (Å²) in [6.45, 7) is 23.4. The van der Waals surface area contributed by atoms with Crippen LogP contribution in [0.3, 0.4) is 0 Å². The summed E-state index contributed by atoms with van der Waals surface area (Å²) in [6.07, 6.45) is -0.808. The second-order valence-electron chi connectivity index (χ2n) is 15.7. The number of aromatic amines is 1. The van der Waals surface area contributed by atoms with E-state index in [0.29, 0.717) is 28.5 Å². The molecule has 1 amide bonds. The summed E-state index contributed by atoms with van der Waals surface area (Å²) in [5.74, 6) is 0.124. The first kappa shape index (κ1) is 38.5. The van der Waals surface area contributed by atoms with Crippen LogP contribution in [0.1, 0.15) is 96.8 Å². The fourth-order valence-corrected chi connectivity index (χ4v) is 6.15. The number of aromatic nitrogens is 1. The van der Waals surface area contributed by atoms with Gasteiger partial charge in [-0.25, -0.2) is 9.59 Å². The van der Waals surface area contributed by atoms with Crippen LogP contribution in [0.15, 0.2) is 53.3 Å². The highest BCUT2D eigenvalue weighted by atomic mass is 28.4. The topological polar surface area (TPSA) is 124 Å². The first-order valence-corrected chi connectivity index (χ1v) is 19.2. The summed E-state index contributed by atoms with van der Waals surface area (Å²) in [7, 11) is -2.48. The van der Waals surface area contributed by atoms with Crippen molar-refractivity contribution < 1.29 is 33.0 Å². The number of fused-ring (bicyclic) bond motifs is 1.